The molecule has 0 spiro atoms. The van der Waals surface area contributed by atoms with Gasteiger partial charge in [-0.15, -0.1) is 0 Å². The van der Waals surface area contributed by atoms with E-state index in [-0.39, 0.29) is 23.5 Å². The quantitative estimate of drug-likeness (QED) is 0.775. The fraction of sp³-hybridized carbons (Fsp3) is 0.500. The molecule has 2 aromatic rings. The van der Waals surface area contributed by atoms with Gasteiger partial charge in [0.2, 0.25) is 11.8 Å². The van der Waals surface area contributed by atoms with E-state index in [1.807, 2.05) is 16.8 Å². The summed E-state index contributed by atoms with van der Waals surface area (Å²) in [6, 6.07) is 6.31. The lowest BCUT2D eigenvalue weighted by Gasteiger charge is -2.33. The van der Waals surface area contributed by atoms with E-state index < -0.39 is 0 Å². The van der Waals surface area contributed by atoms with Crippen molar-refractivity contribution in [2.75, 3.05) is 32.0 Å². The van der Waals surface area contributed by atoms with Gasteiger partial charge in [-0.05, 0) is 43.4 Å². The third-order valence-corrected chi connectivity index (χ3v) is 6.52. The number of amides is 2. The summed E-state index contributed by atoms with van der Waals surface area (Å²) in [5.74, 6) is 1.79. The second kappa shape index (κ2) is 9.63. The predicted octanol–water partition coefficient (Wildman–Crippen LogP) is 2.90. The van der Waals surface area contributed by atoms with E-state index in [0.29, 0.717) is 25.9 Å². The van der Waals surface area contributed by atoms with E-state index in [9.17, 15) is 14.0 Å². The third-order valence-electron chi connectivity index (χ3n) is 6.52. The minimum atomic E-state index is -0.268. The van der Waals surface area contributed by atoms with Gasteiger partial charge in [0.15, 0.2) is 0 Å². The van der Waals surface area contributed by atoms with Crippen molar-refractivity contribution in [1.82, 2.24) is 19.8 Å². The number of nitrogens with one attached hydrogen (secondary N) is 1. The number of carbonyl (C=O) groups excluding carboxylic acids is 2. The number of aryl methyl sites for hydroxylation is 1. The van der Waals surface area contributed by atoms with E-state index >= 15 is 0 Å². The van der Waals surface area contributed by atoms with E-state index in [0.717, 1.165) is 60.8 Å². The van der Waals surface area contributed by atoms with Crippen molar-refractivity contribution in [1.29, 1.82) is 0 Å². The summed E-state index contributed by atoms with van der Waals surface area (Å²) in [5.41, 5.74) is 2.95. The molecule has 4 rings (SSSR count). The topological polar surface area (TPSA) is 78.4 Å². The second-order valence-corrected chi connectivity index (χ2v) is 8.58. The minimum Gasteiger partial charge on any atom is -0.373 e. The van der Waals surface area contributed by atoms with Crippen LogP contribution in [0.25, 0.3) is 0 Å². The Kier molecular flexibility index (Phi) is 6.67. The van der Waals surface area contributed by atoms with E-state index in [4.69, 9.17) is 9.97 Å². The van der Waals surface area contributed by atoms with Crippen LogP contribution >= 0.6 is 0 Å². The molecule has 0 unspecified atom stereocenters. The molecule has 2 aliphatic heterocycles. The zero-order chi connectivity index (χ0) is 22.7. The number of hydrogen-bond donors (Lipinski definition) is 1. The lowest BCUT2D eigenvalue weighted by molar-refractivity contribution is -0.132. The van der Waals surface area contributed by atoms with Crippen molar-refractivity contribution < 1.29 is 14.0 Å². The summed E-state index contributed by atoms with van der Waals surface area (Å²) < 4.78 is 13.1. The van der Waals surface area contributed by atoms with Crippen LogP contribution in [0.1, 0.15) is 54.7 Å². The van der Waals surface area contributed by atoms with Gasteiger partial charge in [-0.2, -0.15) is 0 Å². The van der Waals surface area contributed by atoms with Crippen LogP contribution in [-0.2, 0) is 29.0 Å². The molecule has 0 radical (unpaired) electrons. The van der Waals surface area contributed by atoms with E-state index in [2.05, 4.69) is 5.32 Å². The monoisotopic (exact) mass is 439 g/mol. The standard InChI is InChI=1S/C24H30FN5O2/c1-16(31)29-12-9-18(10-13-29)23-27-21-15-30(14-11-20(21)24(26-2)28-23)22(32)8-5-17-3-6-19(25)7-4-17/h3-4,6-7,18H,5,8-15H2,1-2H3,(H,26,27,28). The Bertz CT molecular complexity index is 987. The molecule has 7 nitrogen and oxygen atoms in total. The zero-order valence-electron chi connectivity index (χ0n) is 18.7. The van der Waals surface area contributed by atoms with Gasteiger partial charge in [-0.3, -0.25) is 9.59 Å². The average Bonchev–Trinajstić information content (AvgIpc) is 2.82. The molecule has 1 fully saturated rings. The highest BCUT2D eigenvalue weighted by molar-refractivity contribution is 5.77. The molecule has 2 amide bonds. The number of benzene rings is 1. The molecule has 0 aliphatic carbocycles. The molecule has 1 aromatic carbocycles. The van der Waals surface area contributed by atoms with Crippen LogP contribution in [0.5, 0.6) is 0 Å². The highest BCUT2D eigenvalue weighted by Crippen LogP contribution is 2.30. The minimum absolute atomic E-state index is 0.0842. The number of rotatable bonds is 5. The Labute approximate surface area is 188 Å². The first-order chi connectivity index (χ1) is 15.4. The first-order valence-electron chi connectivity index (χ1n) is 11.3. The second-order valence-electron chi connectivity index (χ2n) is 8.58. The van der Waals surface area contributed by atoms with Crippen LogP contribution in [0.2, 0.25) is 0 Å². The van der Waals surface area contributed by atoms with E-state index in [1.165, 1.54) is 12.1 Å². The summed E-state index contributed by atoms with van der Waals surface area (Å²) in [4.78, 5) is 37.9. The maximum atomic E-state index is 13.1. The summed E-state index contributed by atoms with van der Waals surface area (Å²) >= 11 is 0. The number of halogens is 1. The van der Waals surface area contributed by atoms with Gasteiger partial charge in [0.1, 0.15) is 17.5 Å². The highest BCUT2D eigenvalue weighted by atomic mass is 19.1. The summed E-state index contributed by atoms with van der Waals surface area (Å²) in [5, 5.41) is 3.21. The first-order valence-corrected chi connectivity index (χ1v) is 11.3. The highest BCUT2D eigenvalue weighted by Gasteiger charge is 2.29. The van der Waals surface area contributed by atoms with Crippen molar-refractivity contribution >= 4 is 17.6 Å². The Hall–Kier alpha value is -3.03. The van der Waals surface area contributed by atoms with Crippen molar-refractivity contribution in [3.63, 3.8) is 0 Å². The lowest BCUT2D eigenvalue weighted by Crippen LogP contribution is -2.38. The largest absolute Gasteiger partial charge is 0.373 e. The predicted molar refractivity (Wildman–Crippen MR) is 120 cm³/mol. The number of carbonyl (C=O) groups is 2. The SMILES string of the molecule is CNc1nc(C2CCN(C(C)=O)CC2)nc2c1CCN(C(=O)CCc1ccc(F)cc1)C2. The molecule has 0 atom stereocenters. The molecular weight excluding hydrogens is 409 g/mol. The van der Waals surface area contributed by atoms with Gasteiger partial charge in [0, 0.05) is 51.5 Å². The van der Waals surface area contributed by atoms with Crippen LogP contribution in [-0.4, -0.2) is 58.3 Å². The molecule has 1 aromatic heterocycles. The number of hydrogen-bond acceptors (Lipinski definition) is 5. The number of aromatic nitrogens is 2. The third kappa shape index (κ3) is 4.89. The molecule has 8 heteroatoms. The van der Waals surface area contributed by atoms with Gasteiger partial charge in [0.05, 0.1) is 12.2 Å². The van der Waals surface area contributed by atoms with Gasteiger partial charge in [-0.1, -0.05) is 12.1 Å². The normalized spacial score (nSPS) is 16.6. The maximum absolute atomic E-state index is 13.1. The Morgan fingerprint density at radius 3 is 2.47 bits per heavy atom. The van der Waals surface area contributed by atoms with Gasteiger partial charge >= 0.3 is 0 Å². The molecule has 2 aliphatic rings. The first kappa shape index (κ1) is 22.2. The van der Waals surface area contributed by atoms with Crippen LogP contribution in [0.3, 0.4) is 0 Å². The smallest absolute Gasteiger partial charge is 0.223 e. The van der Waals surface area contributed by atoms with Gasteiger partial charge in [0.25, 0.3) is 0 Å². The van der Waals surface area contributed by atoms with Crippen LogP contribution in [0.4, 0.5) is 10.2 Å². The zero-order valence-corrected chi connectivity index (χ0v) is 18.7. The number of anilines is 1. The molecule has 1 N–H and O–H groups in total. The number of fused-ring (bicyclic) bond motifs is 1. The van der Waals surface area contributed by atoms with Gasteiger partial charge < -0.3 is 15.1 Å². The lowest BCUT2D eigenvalue weighted by atomic mass is 9.95. The van der Waals surface area contributed by atoms with Gasteiger partial charge in [-0.25, -0.2) is 14.4 Å². The Balaban J connectivity index is 1.44. The van der Waals surface area contributed by atoms with Crippen LogP contribution in [0, 0.1) is 5.82 Å². The molecule has 32 heavy (non-hydrogen) atoms. The molecule has 1 saturated heterocycles. The Morgan fingerprint density at radius 2 is 1.81 bits per heavy atom. The molecule has 0 bridgehead atoms. The van der Waals surface area contributed by atoms with E-state index in [1.54, 1.807) is 19.1 Å². The Morgan fingerprint density at radius 1 is 1.09 bits per heavy atom. The van der Waals surface area contributed by atoms with Crippen molar-refractivity contribution in [2.45, 2.75) is 51.5 Å². The number of likely N-dealkylation sites (tertiary alicyclic amines) is 1. The van der Waals surface area contributed by atoms with Crippen LogP contribution in [0.15, 0.2) is 24.3 Å². The van der Waals surface area contributed by atoms with Crippen molar-refractivity contribution in [3.8, 4) is 0 Å². The fourth-order valence-electron chi connectivity index (χ4n) is 4.56. The maximum Gasteiger partial charge on any atom is 0.223 e. The fourth-order valence-corrected chi connectivity index (χ4v) is 4.56. The number of nitrogens with zero attached hydrogens (tertiary/aromatic N) is 4. The molecular formula is C24H30FN5O2. The summed E-state index contributed by atoms with van der Waals surface area (Å²) in [6.45, 7) is 4.18. The van der Waals surface area contributed by atoms with Crippen molar-refractivity contribution in [3.05, 3.63) is 52.7 Å². The molecule has 3 heterocycles. The molecule has 170 valence electrons. The number of piperidine rings is 1. The molecule has 0 saturated carbocycles. The average molecular weight is 440 g/mol. The summed E-state index contributed by atoms with van der Waals surface area (Å²) in [6.07, 6.45) is 3.40. The van der Waals surface area contributed by atoms with Crippen LogP contribution < -0.4 is 5.32 Å². The van der Waals surface area contributed by atoms with Crippen molar-refractivity contribution in [2.24, 2.45) is 0 Å². The summed E-state index contributed by atoms with van der Waals surface area (Å²) in [7, 11) is 1.87.